The molecular formula is C24H44O4Sn. The van der Waals surface area contributed by atoms with E-state index in [2.05, 4.69) is 24.9 Å². The van der Waals surface area contributed by atoms with Gasteiger partial charge in [-0.3, -0.25) is 0 Å². The van der Waals surface area contributed by atoms with Crippen LogP contribution in [0.2, 0.25) is 13.3 Å². The zero-order valence-corrected chi connectivity index (χ0v) is 22.2. The van der Waals surface area contributed by atoms with Crippen molar-refractivity contribution >= 4 is 24.3 Å². The Bertz CT molecular complexity index is 525. The van der Waals surface area contributed by atoms with Gasteiger partial charge in [0.1, 0.15) is 0 Å². The van der Waals surface area contributed by atoms with Crippen molar-refractivity contribution in [3.8, 4) is 0 Å². The minimum absolute atomic E-state index is 0.243. The fourth-order valence-electron chi connectivity index (χ4n) is 5.36. The van der Waals surface area contributed by atoms with Crippen molar-refractivity contribution in [3.05, 3.63) is 9.67 Å². The molecule has 0 aromatic rings. The molecule has 0 aromatic carbocycles. The third-order valence-electron chi connectivity index (χ3n) is 7.07. The summed E-state index contributed by atoms with van der Waals surface area (Å²) in [4.78, 5) is 12.7. The number of carbonyl (C=O) groups is 1. The predicted octanol–water partition coefficient (Wildman–Crippen LogP) is 5.79. The monoisotopic (exact) mass is 516 g/mol. The Morgan fingerprint density at radius 2 is 1.69 bits per heavy atom. The average Bonchev–Trinajstić information content (AvgIpc) is 3.04. The molecule has 2 rings (SSSR count). The third-order valence-corrected chi connectivity index (χ3v) is 21.4. The first-order valence-corrected chi connectivity index (χ1v) is 19.9. The molecule has 29 heavy (non-hydrogen) atoms. The number of rotatable bonds is 12. The van der Waals surface area contributed by atoms with Crippen LogP contribution >= 0.6 is 0 Å². The number of fused-ring (bicyclic) bond motifs is 1. The number of hydrogen-bond donors (Lipinski definition) is 1. The molecule has 1 aliphatic heterocycles. The molecule has 3 atom stereocenters. The number of hydrogen-bond acceptors (Lipinski definition) is 4. The van der Waals surface area contributed by atoms with Crippen molar-refractivity contribution in [2.24, 2.45) is 5.92 Å². The van der Waals surface area contributed by atoms with Crippen molar-refractivity contribution in [3.63, 3.8) is 0 Å². The summed E-state index contributed by atoms with van der Waals surface area (Å²) < 4.78 is 18.1. The van der Waals surface area contributed by atoms with E-state index in [0.29, 0.717) is 19.6 Å². The Hall–Kier alpha value is -0.0713. The van der Waals surface area contributed by atoms with Gasteiger partial charge in [-0.05, 0) is 0 Å². The summed E-state index contributed by atoms with van der Waals surface area (Å²) in [5, 5.41) is 11.9. The molecule has 5 heteroatoms. The second kappa shape index (κ2) is 12.1. The van der Waals surface area contributed by atoms with Crippen LogP contribution < -0.4 is 0 Å². The molecule has 0 aromatic heterocycles. The van der Waals surface area contributed by atoms with E-state index < -0.39 is 29.9 Å². The van der Waals surface area contributed by atoms with E-state index in [4.69, 9.17) is 9.47 Å². The van der Waals surface area contributed by atoms with Gasteiger partial charge < -0.3 is 0 Å². The van der Waals surface area contributed by atoms with Gasteiger partial charge in [-0.2, -0.15) is 0 Å². The summed E-state index contributed by atoms with van der Waals surface area (Å²) in [5.74, 6) is -0.713. The predicted molar refractivity (Wildman–Crippen MR) is 122 cm³/mol. The van der Waals surface area contributed by atoms with E-state index in [1.165, 1.54) is 51.8 Å². The summed E-state index contributed by atoms with van der Waals surface area (Å²) in [5.41, 5.74) is -0.100. The summed E-state index contributed by atoms with van der Waals surface area (Å²) in [6.07, 6.45) is 9.77. The molecule has 1 saturated carbocycles. The van der Waals surface area contributed by atoms with Crippen molar-refractivity contribution < 1.29 is 19.4 Å². The van der Waals surface area contributed by atoms with Gasteiger partial charge in [-0.15, -0.1) is 0 Å². The van der Waals surface area contributed by atoms with Crippen LogP contribution in [0.1, 0.15) is 85.5 Å². The van der Waals surface area contributed by atoms with Crippen molar-refractivity contribution in [1.82, 2.24) is 0 Å². The number of esters is 1. The first-order valence-electron chi connectivity index (χ1n) is 12.2. The van der Waals surface area contributed by atoms with Crippen LogP contribution in [-0.2, 0) is 14.3 Å². The van der Waals surface area contributed by atoms with E-state index in [9.17, 15) is 9.90 Å². The topological polar surface area (TPSA) is 55.8 Å². The molecule has 2 fully saturated rings. The Labute approximate surface area is 182 Å². The fourth-order valence-corrected chi connectivity index (χ4v) is 20.8. The van der Waals surface area contributed by atoms with Crippen LogP contribution in [0.5, 0.6) is 0 Å². The molecule has 0 unspecified atom stereocenters. The van der Waals surface area contributed by atoms with Crippen molar-refractivity contribution in [1.29, 1.82) is 0 Å². The van der Waals surface area contributed by atoms with E-state index in [0.717, 1.165) is 18.4 Å². The minimum atomic E-state index is -2.60. The van der Waals surface area contributed by atoms with Gasteiger partial charge >= 0.3 is 183 Å². The summed E-state index contributed by atoms with van der Waals surface area (Å²) in [7, 11) is 0. The van der Waals surface area contributed by atoms with Crippen LogP contribution in [0.15, 0.2) is 9.67 Å². The molecule has 0 spiro atoms. The Balaban J connectivity index is 2.41. The molecule has 1 aliphatic carbocycles. The fraction of sp³-hybridized carbons (Fsp3) is 0.875. The Morgan fingerprint density at radius 1 is 1.10 bits per heavy atom. The van der Waals surface area contributed by atoms with E-state index in [1.807, 2.05) is 6.92 Å². The molecule has 1 heterocycles. The molecule has 1 N–H and O–H groups in total. The zero-order valence-electron chi connectivity index (χ0n) is 19.3. The normalized spacial score (nSPS) is 28.5. The van der Waals surface area contributed by atoms with Crippen LogP contribution in [-0.4, -0.2) is 54.4 Å². The molecule has 0 bridgehead atoms. The van der Waals surface area contributed by atoms with E-state index in [-0.39, 0.29) is 12.1 Å². The molecule has 0 amide bonds. The zero-order chi connectivity index (χ0) is 21.3. The van der Waals surface area contributed by atoms with Crippen LogP contribution in [0.3, 0.4) is 0 Å². The maximum atomic E-state index is 12.7. The van der Waals surface area contributed by atoms with Crippen LogP contribution in [0, 0.1) is 5.92 Å². The number of unbranched alkanes of at least 4 members (excludes halogenated alkanes) is 3. The molecule has 0 radical (unpaired) electrons. The second-order valence-corrected chi connectivity index (χ2v) is 22.1. The molecule has 168 valence electrons. The van der Waals surface area contributed by atoms with Crippen molar-refractivity contribution in [2.75, 3.05) is 13.2 Å². The molecule has 2 aliphatic rings. The molecule has 4 nitrogen and oxygen atoms in total. The van der Waals surface area contributed by atoms with Gasteiger partial charge in [-0.25, -0.2) is 0 Å². The van der Waals surface area contributed by atoms with Crippen LogP contribution in [0.4, 0.5) is 0 Å². The van der Waals surface area contributed by atoms with Crippen LogP contribution in [0.25, 0.3) is 0 Å². The third kappa shape index (κ3) is 6.00. The van der Waals surface area contributed by atoms with Crippen molar-refractivity contribution in [2.45, 2.75) is 110 Å². The van der Waals surface area contributed by atoms with Gasteiger partial charge in [0.05, 0.1) is 0 Å². The van der Waals surface area contributed by atoms with Gasteiger partial charge in [0.25, 0.3) is 0 Å². The van der Waals surface area contributed by atoms with E-state index >= 15 is 0 Å². The van der Waals surface area contributed by atoms with E-state index in [1.54, 1.807) is 0 Å². The van der Waals surface area contributed by atoms with Gasteiger partial charge in [0, 0.05) is 0 Å². The Kier molecular flexibility index (Phi) is 10.5. The number of aliphatic hydroxyl groups is 1. The first kappa shape index (κ1) is 25.2. The number of ether oxygens (including phenoxy) is 2. The SMILES string of the molecule is CCC[CH2][Sn](/[CH]=C1\CO[C@@H]2CCC[C@H](C(=O)OCC)[C@]12O)([CH2]CCC)[CH2]CCC. The maximum absolute atomic E-state index is 12.7. The summed E-state index contributed by atoms with van der Waals surface area (Å²) >= 11 is -2.60. The summed E-state index contributed by atoms with van der Waals surface area (Å²) in [6, 6.07) is 0. The second-order valence-electron chi connectivity index (χ2n) is 9.20. The number of carbonyl (C=O) groups excluding carboxylic acids is 1. The van der Waals surface area contributed by atoms with Gasteiger partial charge in [0.15, 0.2) is 0 Å². The first-order chi connectivity index (χ1) is 14.0. The van der Waals surface area contributed by atoms with Gasteiger partial charge in [-0.1, -0.05) is 0 Å². The Morgan fingerprint density at radius 3 is 2.21 bits per heavy atom. The quantitative estimate of drug-likeness (QED) is 0.264. The van der Waals surface area contributed by atoms with Gasteiger partial charge in [0.2, 0.25) is 0 Å². The molecular weight excluding hydrogens is 471 g/mol. The molecule has 1 saturated heterocycles. The standard InChI is InChI=1S/C12H17O4.3C4H9.Sn/c1-3-15-11(13)9-5-4-6-10-12(9,14)8(2)7-16-10;3*1-3-4-2;/h2,9-10,14H,3-7H2,1H3;3*1,3-4H2,2H3;/t9-,10-,12-;;;;/m1..../s1. The summed E-state index contributed by atoms with van der Waals surface area (Å²) in [6.45, 7) is 9.55. The average molecular weight is 515 g/mol.